The number of hydrogen-bond acceptors (Lipinski definition) is 0. The number of aromatic nitrogens is 3. The zero-order valence-corrected chi connectivity index (χ0v) is 29.5. The lowest BCUT2D eigenvalue weighted by Gasteiger charge is -2.19. The fourth-order valence-corrected chi connectivity index (χ4v) is 8.75. The largest absolute Gasteiger partial charge is 0.309 e. The maximum Gasteiger partial charge on any atom is 0.188 e. The van der Waals surface area contributed by atoms with E-state index in [1.165, 1.54) is 10.8 Å². The van der Waals surface area contributed by atoms with Crippen molar-refractivity contribution in [2.24, 2.45) is 0 Å². The monoisotopic (exact) mass is 699 g/mol. The Hall–Kier alpha value is -7.86. The van der Waals surface area contributed by atoms with Gasteiger partial charge in [-0.25, -0.2) is 9.69 Å². The van der Waals surface area contributed by atoms with Crippen LogP contribution in [0.3, 0.4) is 0 Å². The molecule has 0 aliphatic heterocycles. The van der Waals surface area contributed by atoms with Crippen LogP contribution >= 0.6 is 0 Å². The minimum absolute atomic E-state index is 0.573. The molecular formula is C50H29N5. The van der Waals surface area contributed by atoms with Gasteiger partial charge in [-0.2, -0.15) is 0 Å². The summed E-state index contributed by atoms with van der Waals surface area (Å²) < 4.78 is 7.04. The van der Waals surface area contributed by atoms with Gasteiger partial charge in [0.25, 0.3) is 0 Å². The Kier molecular flexibility index (Phi) is 6.61. The Balaban J connectivity index is 1.22. The van der Waals surface area contributed by atoms with Gasteiger partial charge in [-0.3, -0.25) is 0 Å². The van der Waals surface area contributed by atoms with E-state index in [2.05, 4.69) is 175 Å². The highest BCUT2D eigenvalue weighted by molar-refractivity contribution is 6.13. The van der Waals surface area contributed by atoms with Crippen LogP contribution in [0.4, 0.5) is 11.4 Å². The van der Waals surface area contributed by atoms with Crippen molar-refractivity contribution in [3.63, 3.8) is 0 Å². The van der Waals surface area contributed by atoms with Crippen molar-refractivity contribution in [2.45, 2.75) is 0 Å². The molecule has 0 spiro atoms. The SMILES string of the molecule is [C-]#[N+]c1ccc(-n2c3ccccc3c3ccc(-n4c5ccccc5c5ccccc54)cc32)c(-c2ccccc2-n2c3ccccc3c3cc([N+]#[C-])ccc32)c1. The molecule has 254 valence electrons. The van der Waals surface area contributed by atoms with Crippen LogP contribution in [0, 0.1) is 13.1 Å². The van der Waals surface area contributed by atoms with Crippen LogP contribution < -0.4 is 0 Å². The van der Waals surface area contributed by atoms with Gasteiger partial charge in [0, 0.05) is 38.2 Å². The summed E-state index contributed by atoms with van der Waals surface area (Å²) in [5.74, 6) is 0. The molecule has 0 radical (unpaired) electrons. The third-order valence-corrected chi connectivity index (χ3v) is 11.1. The second kappa shape index (κ2) is 11.8. The van der Waals surface area contributed by atoms with Crippen LogP contribution in [0.1, 0.15) is 0 Å². The Morgan fingerprint density at radius 1 is 0.309 bits per heavy atom. The summed E-state index contributed by atoms with van der Waals surface area (Å²) in [7, 11) is 0. The van der Waals surface area contributed by atoms with Crippen molar-refractivity contribution in [3.05, 3.63) is 199 Å². The molecule has 0 saturated carbocycles. The van der Waals surface area contributed by atoms with Crippen molar-refractivity contribution >= 4 is 76.8 Å². The first-order chi connectivity index (χ1) is 27.2. The number of nitrogens with zero attached hydrogens (tertiary/aromatic N) is 5. The minimum Gasteiger partial charge on any atom is -0.309 e. The fraction of sp³-hybridized carbons (Fsp3) is 0. The molecule has 0 saturated heterocycles. The van der Waals surface area contributed by atoms with Gasteiger partial charge in [-0.1, -0.05) is 109 Å². The molecule has 0 aliphatic rings. The van der Waals surface area contributed by atoms with Gasteiger partial charge in [-0.15, -0.1) is 0 Å². The molecule has 3 heterocycles. The summed E-state index contributed by atoms with van der Waals surface area (Å²) >= 11 is 0. The van der Waals surface area contributed by atoms with Crippen molar-refractivity contribution in [3.8, 4) is 28.2 Å². The molecule has 55 heavy (non-hydrogen) atoms. The number of rotatable bonds is 4. The van der Waals surface area contributed by atoms with Gasteiger partial charge in [0.2, 0.25) is 0 Å². The quantitative estimate of drug-likeness (QED) is 0.163. The molecule has 11 rings (SSSR count). The summed E-state index contributed by atoms with van der Waals surface area (Å²) in [5.41, 5.74) is 12.8. The molecule has 0 bridgehead atoms. The van der Waals surface area contributed by atoms with E-state index < -0.39 is 0 Å². The topological polar surface area (TPSA) is 23.5 Å². The Morgan fingerprint density at radius 3 is 1.40 bits per heavy atom. The zero-order chi connectivity index (χ0) is 36.6. The highest BCUT2D eigenvalue weighted by atomic mass is 15.0. The number of hydrogen-bond donors (Lipinski definition) is 0. The third-order valence-electron chi connectivity index (χ3n) is 11.1. The average Bonchev–Trinajstić information content (AvgIpc) is 3.88. The van der Waals surface area contributed by atoms with Crippen molar-refractivity contribution < 1.29 is 0 Å². The lowest BCUT2D eigenvalue weighted by Crippen LogP contribution is -2.02. The molecule has 11 aromatic rings. The molecular weight excluding hydrogens is 671 g/mol. The number of fused-ring (bicyclic) bond motifs is 9. The van der Waals surface area contributed by atoms with Crippen molar-refractivity contribution in [1.29, 1.82) is 0 Å². The molecule has 0 amide bonds. The first kappa shape index (κ1) is 30.7. The highest BCUT2D eigenvalue weighted by Crippen LogP contribution is 2.43. The van der Waals surface area contributed by atoms with Crippen LogP contribution in [0.2, 0.25) is 0 Å². The molecule has 8 aromatic carbocycles. The summed E-state index contributed by atoms with van der Waals surface area (Å²) in [6.45, 7) is 15.8. The minimum atomic E-state index is 0.573. The smallest absolute Gasteiger partial charge is 0.188 e. The molecule has 0 atom stereocenters. The number of benzene rings is 8. The molecule has 5 nitrogen and oxygen atoms in total. The van der Waals surface area contributed by atoms with E-state index in [1.807, 2.05) is 24.3 Å². The fourth-order valence-electron chi connectivity index (χ4n) is 8.75. The predicted octanol–water partition coefficient (Wildman–Crippen LogP) is 13.7. The van der Waals surface area contributed by atoms with E-state index >= 15 is 0 Å². The second-order valence-electron chi connectivity index (χ2n) is 13.9. The van der Waals surface area contributed by atoms with Crippen molar-refractivity contribution in [1.82, 2.24) is 13.7 Å². The first-order valence-corrected chi connectivity index (χ1v) is 18.3. The predicted molar refractivity (Wildman–Crippen MR) is 227 cm³/mol. The van der Waals surface area contributed by atoms with Crippen LogP contribution in [-0.2, 0) is 0 Å². The summed E-state index contributed by atoms with van der Waals surface area (Å²) in [4.78, 5) is 7.67. The van der Waals surface area contributed by atoms with Gasteiger partial charge >= 0.3 is 0 Å². The van der Waals surface area contributed by atoms with Gasteiger partial charge in [0.05, 0.1) is 57.6 Å². The third kappa shape index (κ3) is 4.45. The molecule has 0 unspecified atom stereocenters. The molecule has 3 aromatic heterocycles. The van der Waals surface area contributed by atoms with E-state index in [1.54, 1.807) is 0 Å². The number of para-hydroxylation sites is 5. The Labute approximate surface area is 316 Å². The Morgan fingerprint density at radius 2 is 0.764 bits per heavy atom. The van der Waals surface area contributed by atoms with E-state index in [4.69, 9.17) is 13.1 Å². The van der Waals surface area contributed by atoms with Gasteiger partial charge in [0.1, 0.15) is 0 Å². The lowest BCUT2D eigenvalue weighted by molar-refractivity contribution is 1.15. The summed E-state index contributed by atoms with van der Waals surface area (Å²) in [5, 5.41) is 6.90. The molecule has 0 N–H and O–H groups in total. The van der Waals surface area contributed by atoms with E-state index in [0.717, 1.165) is 82.8 Å². The van der Waals surface area contributed by atoms with Crippen LogP contribution in [-0.4, -0.2) is 13.7 Å². The lowest BCUT2D eigenvalue weighted by atomic mass is 10.00. The van der Waals surface area contributed by atoms with Gasteiger partial charge in [-0.05, 0) is 77.7 Å². The van der Waals surface area contributed by atoms with Crippen LogP contribution in [0.15, 0.2) is 176 Å². The van der Waals surface area contributed by atoms with Crippen LogP contribution in [0.5, 0.6) is 0 Å². The summed E-state index contributed by atoms with van der Waals surface area (Å²) in [6.07, 6.45) is 0. The maximum atomic E-state index is 8.08. The Bertz CT molecular complexity index is 3420. The standard InChI is InChI=1S/C50H29N5/c1-51-32-23-27-48-41(29-32)38-16-6-11-21-46(38)54(48)47-22-12-7-17-39(47)42-30-33(52-2)24-28-49(42)55-45-20-10-5-15-37(45)40-26-25-34(31-50(40)55)53-43-18-8-3-13-35(43)36-14-4-9-19-44(36)53/h3-31H. The zero-order valence-electron chi connectivity index (χ0n) is 29.5. The second-order valence-corrected chi connectivity index (χ2v) is 13.9. The van der Waals surface area contributed by atoms with Crippen LogP contribution in [0.25, 0.3) is 103 Å². The van der Waals surface area contributed by atoms with Gasteiger partial charge < -0.3 is 13.7 Å². The molecule has 0 aliphatic carbocycles. The first-order valence-electron chi connectivity index (χ1n) is 18.3. The molecule has 0 fully saturated rings. The summed E-state index contributed by atoms with van der Waals surface area (Å²) in [6, 6.07) is 61.5. The van der Waals surface area contributed by atoms with Crippen molar-refractivity contribution in [2.75, 3.05) is 0 Å². The van der Waals surface area contributed by atoms with E-state index in [-0.39, 0.29) is 0 Å². The van der Waals surface area contributed by atoms with E-state index in [9.17, 15) is 0 Å². The van der Waals surface area contributed by atoms with E-state index in [0.29, 0.717) is 11.4 Å². The maximum absolute atomic E-state index is 8.08. The molecule has 5 heteroatoms. The highest BCUT2D eigenvalue weighted by Gasteiger charge is 2.21. The van der Waals surface area contributed by atoms with Gasteiger partial charge in [0.15, 0.2) is 11.4 Å². The average molecular weight is 700 g/mol. The normalized spacial score (nSPS) is 11.6.